The molecule has 0 spiro atoms. The Morgan fingerprint density at radius 3 is 2.52 bits per heavy atom. The molecule has 0 amide bonds. The third kappa shape index (κ3) is 2.64. The zero-order valence-corrected chi connectivity index (χ0v) is 11.3. The van der Waals surface area contributed by atoms with Gasteiger partial charge in [-0.05, 0) is 25.1 Å². The van der Waals surface area contributed by atoms with E-state index in [1.807, 2.05) is 31.2 Å². The Morgan fingerprint density at radius 2 is 1.86 bits per heavy atom. The Kier molecular flexibility index (Phi) is 3.19. The topological polar surface area (TPSA) is 84.7 Å². The first kappa shape index (κ1) is 13.0. The molecule has 0 aliphatic rings. The highest BCUT2D eigenvalue weighted by atomic mass is 16.6. The number of H-pyrrole nitrogens is 1. The molecule has 3 aromatic rings. The Labute approximate surface area is 120 Å². The molecule has 0 aliphatic carbocycles. The van der Waals surface area contributed by atoms with Crippen LogP contribution in [0.25, 0.3) is 22.8 Å². The van der Waals surface area contributed by atoms with Crippen molar-refractivity contribution in [1.29, 1.82) is 0 Å². The van der Waals surface area contributed by atoms with Crippen LogP contribution in [-0.4, -0.2) is 20.1 Å². The minimum absolute atomic E-state index is 0.0529. The van der Waals surface area contributed by atoms with Crippen LogP contribution in [0, 0.1) is 17.0 Å². The smallest absolute Gasteiger partial charge is 0.259 e. The second-order valence-electron chi connectivity index (χ2n) is 4.68. The molecular formula is C15H12N4O2. The molecule has 1 heterocycles. The molecule has 0 atom stereocenters. The molecule has 1 N–H and O–H groups in total. The lowest BCUT2D eigenvalue weighted by Crippen LogP contribution is -1.87. The van der Waals surface area contributed by atoms with E-state index in [0.29, 0.717) is 11.6 Å². The van der Waals surface area contributed by atoms with Crippen LogP contribution < -0.4 is 0 Å². The fourth-order valence-corrected chi connectivity index (χ4v) is 2.05. The second-order valence-corrected chi connectivity index (χ2v) is 4.68. The average molecular weight is 280 g/mol. The molecule has 0 saturated carbocycles. The molecule has 0 unspecified atom stereocenters. The summed E-state index contributed by atoms with van der Waals surface area (Å²) in [7, 11) is 0. The molecule has 104 valence electrons. The number of hydrogen-bond donors (Lipinski definition) is 1. The van der Waals surface area contributed by atoms with E-state index in [1.165, 1.54) is 12.1 Å². The van der Waals surface area contributed by atoms with Crippen LogP contribution >= 0.6 is 0 Å². The van der Waals surface area contributed by atoms with Crippen molar-refractivity contribution in [3.63, 3.8) is 0 Å². The van der Waals surface area contributed by atoms with Crippen molar-refractivity contribution in [3.05, 3.63) is 64.2 Å². The molecule has 6 heteroatoms. The maximum Gasteiger partial charge on any atom is 0.269 e. The van der Waals surface area contributed by atoms with Crippen molar-refractivity contribution < 1.29 is 4.92 Å². The highest BCUT2D eigenvalue weighted by Gasteiger charge is 2.10. The monoisotopic (exact) mass is 280 g/mol. The van der Waals surface area contributed by atoms with Crippen LogP contribution in [0.4, 0.5) is 5.69 Å². The predicted molar refractivity (Wildman–Crippen MR) is 78.6 cm³/mol. The summed E-state index contributed by atoms with van der Waals surface area (Å²) >= 11 is 0. The summed E-state index contributed by atoms with van der Waals surface area (Å²) in [5.41, 5.74) is 2.87. The van der Waals surface area contributed by atoms with Gasteiger partial charge in [-0.25, -0.2) is 4.98 Å². The first-order chi connectivity index (χ1) is 10.1. The molecule has 1 aromatic heterocycles. The van der Waals surface area contributed by atoms with Crippen molar-refractivity contribution in [1.82, 2.24) is 15.2 Å². The van der Waals surface area contributed by atoms with Gasteiger partial charge in [0.15, 0.2) is 11.6 Å². The van der Waals surface area contributed by atoms with Crippen molar-refractivity contribution in [2.24, 2.45) is 0 Å². The molecule has 21 heavy (non-hydrogen) atoms. The van der Waals surface area contributed by atoms with Gasteiger partial charge in [0.05, 0.1) is 4.92 Å². The van der Waals surface area contributed by atoms with E-state index >= 15 is 0 Å². The van der Waals surface area contributed by atoms with E-state index in [0.717, 1.165) is 16.7 Å². The number of aromatic amines is 1. The van der Waals surface area contributed by atoms with Gasteiger partial charge in [-0.3, -0.25) is 15.2 Å². The molecular weight excluding hydrogens is 268 g/mol. The SMILES string of the molecule is Cc1cccc(-c2n[nH]c(-c3ccc([N+](=O)[O-])cc3)n2)c1. The maximum atomic E-state index is 10.6. The normalized spacial score (nSPS) is 10.5. The van der Waals surface area contributed by atoms with Gasteiger partial charge in [-0.15, -0.1) is 0 Å². The van der Waals surface area contributed by atoms with Crippen LogP contribution in [0.2, 0.25) is 0 Å². The standard InChI is InChI=1S/C15H12N4O2/c1-10-3-2-4-12(9-10)15-16-14(17-18-15)11-5-7-13(8-6-11)19(20)21/h2-9H,1H3,(H,16,17,18). The molecule has 0 fully saturated rings. The molecule has 3 rings (SSSR count). The van der Waals surface area contributed by atoms with Crippen LogP contribution in [0.5, 0.6) is 0 Å². The van der Waals surface area contributed by atoms with E-state index in [4.69, 9.17) is 0 Å². The van der Waals surface area contributed by atoms with E-state index in [9.17, 15) is 10.1 Å². The summed E-state index contributed by atoms with van der Waals surface area (Å²) in [5, 5.41) is 17.7. The lowest BCUT2D eigenvalue weighted by molar-refractivity contribution is -0.384. The molecule has 6 nitrogen and oxygen atoms in total. The largest absolute Gasteiger partial charge is 0.269 e. The van der Waals surface area contributed by atoms with Gasteiger partial charge < -0.3 is 0 Å². The number of nitro benzene ring substituents is 1. The Hall–Kier alpha value is -3.02. The molecule has 0 saturated heterocycles. The molecule has 0 bridgehead atoms. The number of hydrogen-bond acceptors (Lipinski definition) is 4. The number of aromatic nitrogens is 3. The minimum Gasteiger partial charge on any atom is -0.259 e. The van der Waals surface area contributed by atoms with Gasteiger partial charge in [-0.2, -0.15) is 5.10 Å². The summed E-state index contributed by atoms with van der Waals surface area (Å²) in [6.07, 6.45) is 0. The minimum atomic E-state index is -0.428. The Bertz CT molecular complexity index is 793. The molecule has 0 aliphatic heterocycles. The highest BCUT2D eigenvalue weighted by molar-refractivity contribution is 5.62. The van der Waals surface area contributed by atoms with Gasteiger partial charge in [0.1, 0.15) is 0 Å². The first-order valence-electron chi connectivity index (χ1n) is 6.38. The van der Waals surface area contributed by atoms with Gasteiger partial charge >= 0.3 is 0 Å². The number of nitrogens with zero attached hydrogens (tertiary/aromatic N) is 3. The highest BCUT2D eigenvalue weighted by Crippen LogP contribution is 2.22. The number of rotatable bonds is 3. The lowest BCUT2D eigenvalue weighted by Gasteiger charge is -1.97. The fourth-order valence-electron chi connectivity index (χ4n) is 2.05. The summed E-state index contributed by atoms with van der Waals surface area (Å²) < 4.78 is 0. The average Bonchev–Trinajstić information content (AvgIpc) is 2.97. The zero-order chi connectivity index (χ0) is 14.8. The maximum absolute atomic E-state index is 10.6. The molecule has 0 radical (unpaired) electrons. The van der Waals surface area contributed by atoms with Gasteiger partial charge in [0.25, 0.3) is 5.69 Å². The van der Waals surface area contributed by atoms with Crippen molar-refractivity contribution >= 4 is 5.69 Å². The van der Waals surface area contributed by atoms with Crippen molar-refractivity contribution in [2.45, 2.75) is 6.92 Å². The lowest BCUT2D eigenvalue weighted by atomic mass is 10.1. The van der Waals surface area contributed by atoms with Crippen LogP contribution in [0.1, 0.15) is 5.56 Å². The van der Waals surface area contributed by atoms with Crippen molar-refractivity contribution in [2.75, 3.05) is 0 Å². The summed E-state index contributed by atoms with van der Waals surface area (Å²) in [6.45, 7) is 2.01. The Balaban J connectivity index is 1.93. The first-order valence-corrected chi connectivity index (χ1v) is 6.38. The number of benzene rings is 2. The van der Waals surface area contributed by atoms with Crippen LogP contribution in [-0.2, 0) is 0 Å². The summed E-state index contributed by atoms with van der Waals surface area (Å²) in [6, 6.07) is 14.1. The number of nitro groups is 1. The number of nitrogens with one attached hydrogen (secondary N) is 1. The van der Waals surface area contributed by atoms with Gasteiger partial charge in [-0.1, -0.05) is 23.8 Å². The summed E-state index contributed by atoms with van der Waals surface area (Å²) in [4.78, 5) is 14.6. The second kappa shape index (κ2) is 5.16. The number of aryl methyl sites for hydroxylation is 1. The zero-order valence-electron chi connectivity index (χ0n) is 11.3. The number of non-ortho nitro benzene ring substituents is 1. The van der Waals surface area contributed by atoms with Crippen LogP contribution in [0.3, 0.4) is 0 Å². The van der Waals surface area contributed by atoms with Crippen LogP contribution in [0.15, 0.2) is 48.5 Å². The fraction of sp³-hybridized carbons (Fsp3) is 0.0667. The quantitative estimate of drug-likeness (QED) is 0.589. The third-order valence-corrected chi connectivity index (χ3v) is 3.11. The van der Waals surface area contributed by atoms with E-state index in [2.05, 4.69) is 15.2 Å². The predicted octanol–water partition coefficient (Wildman–Crippen LogP) is 3.36. The van der Waals surface area contributed by atoms with E-state index in [-0.39, 0.29) is 5.69 Å². The third-order valence-electron chi connectivity index (χ3n) is 3.11. The Morgan fingerprint density at radius 1 is 1.10 bits per heavy atom. The van der Waals surface area contributed by atoms with Crippen molar-refractivity contribution in [3.8, 4) is 22.8 Å². The summed E-state index contributed by atoms with van der Waals surface area (Å²) in [5.74, 6) is 1.19. The van der Waals surface area contributed by atoms with Gasteiger partial charge in [0, 0.05) is 23.3 Å². The van der Waals surface area contributed by atoms with E-state index in [1.54, 1.807) is 12.1 Å². The van der Waals surface area contributed by atoms with E-state index < -0.39 is 4.92 Å². The van der Waals surface area contributed by atoms with Gasteiger partial charge in [0.2, 0.25) is 0 Å². The molecule has 2 aromatic carbocycles.